The zero-order chi connectivity index (χ0) is 17.5. The number of carbonyl (C=O) groups excluding carboxylic acids is 1. The summed E-state index contributed by atoms with van der Waals surface area (Å²) < 4.78 is 26.7. The van der Waals surface area contributed by atoms with E-state index in [9.17, 15) is 23.3 Å². The van der Waals surface area contributed by atoms with Gasteiger partial charge in [-0.1, -0.05) is 0 Å². The minimum Gasteiger partial charge on any atom is -0.379 e. The van der Waals surface area contributed by atoms with Crippen LogP contribution in [0.15, 0.2) is 12.1 Å². The molecule has 0 saturated carbocycles. The molecule has 1 fully saturated rings. The highest BCUT2D eigenvalue weighted by Crippen LogP contribution is 2.20. The fourth-order valence-electron chi connectivity index (χ4n) is 2.33. The van der Waals surface area contributed by atoms with Crippen molar-refractivity contribution in [3.8, 4) is 0 Å². The molecule has 0 atom stereocenters. The summed E-state index contributed by atoms with van der Waals surface area (Å²) in [4.78, 5) is 24.7. The third-order valence-electron chi connectivity index (χ3n) is 3.55. The molecule has 1 heterocycles. The lowest BCUT2D eigenvalue weighted by atomic mass is 10.1. The molecule has 0 spiro atoms. The number of hydrogen-bond donors (Lipinski definition) is 2. The molecule has 1 amide bonds. The average Bonchev–Trinajstić information content (AvgIpc) is 2.55. The molecule has 0 aromatic heterocycles. The van der Waals surface area contributed by atoms with Crippen molar-refractivity contribution >= 4 is 22.3 Å². The molecule has 0 aliphatic carbocycles. The molecule has 131 valence electrons. The Morgan fingerprint density at radius 1 is 1.42 bits per heavy atom. The van der Waals surface area contributed by atoms with Gasteiger partial charge in [0.25, 0.3) is 11.6 Å². The smallest absolute Gasteiger partial charge is 0.282 e. The van der Waals surface area contributed by atoms with Crippen LogP contribution in [0.4, 0.5) is 5.69 Å². The Morgan fingerprint density at radius 3 is 2.75 bits per heavy atom. The van der Waals surface area contributed by atoms with E-state index in [4.69, 9.17) is 4.74 Å². The summed E-state index contributed by atoms with van der Waals surface area (Å²) in [5.41, 5.74) is -0.404. The Kier molecular flexibility index (Phi) is 6.64. The quantitative estimate of drug-likeness (QED) is 0.386. The van der Waals surface area contributed by atoms with E-state index in [0.717, 1.165) is 25.2 Å². The molecule has 1 aliphatic heterocycles. The van der Waals surface area contributed by atoms with E-state index in [1.165, 1.54) is 0 Å². The van der Waals surface area contributed by atoms with Gasteiger partial charge in [0.2, 0.25) is 0 Å². The first-order valence-electron chi connectivity index (χ1n) is 7.36. The maximum Gasteiger partial charge on any atom is 0.282 e. The van der Waals surface area contributed by atoms with E-state index >= 15 is 0 Å². The number of nitrogens with zero attached hydrogens (tertiary/aromatic N) is 2. The number of ether oxygens (including phenoxy) is 1. The van der Waals surface area contributed by atoms with Crippen molar-refractivity contribution in [2.45, 2.75) is 5.75 Å². The van der Waals surface area contributed by atoms with Gasteiger partial charge in [0, 0.05) is 32.2 Å². The summed E-state index contributed by atoms with van der Waals surface area (Å²) in [5, 5.41) is 13.8. The van der Waals surface area contributed by atoms with Gasteiger partial charge in [-0.3, -0.25) is 19.8 Å². The third-order valence-corrected chi connectivity index (χ3v) is 4.15. The molecule has 24 heavy (non-hydrogen) atoms. The molecule has 1 N–H and O–H groups in total. The summed E-state index contributed by atoms with van der Waals surface area (Å²) >= 11 is 0. The van der Waals surface area contributed by atoms with Gasteiger partial charge in [0.1, 0.15) is 16.3 Å². The second kappa shape index (κ2) is 8.71. The Balaban J connectivity index is 2.00. The van der Waals surface area contributed by atoms with Crippen LogP contribution in [0.5, 0.6) is 0 Å². The summed E-state index contributed by atoms with van der Waals surface area (Å²) in [6, 6.07) is 4.84. The van der Waals surface area contributed by atoms with Gasteiger partial charge in [0.15, 0.2) is 0 Å². The van der Waals surface area contributed by atoms with Crippen molar-refractivity contribution in [3.05, 3.63) is 39.4 Å². The van der Waals surface area contributed by atoms with Crippen molar-refractivity contribution < 1.29 is 22.9 Å². The number of nitro groups is 1. The number of carbonyl (C=O) groups is 1. The number of thiol groups is 1. The molecule has 10 heteroatoms. The Bertz CT molecular complexity index is 677. The second-order valence-electron chi connectivity index (χ2n) is 5.22. The van der Waals surface area contributed by atoms with E-state index in [1.54, 1.807) is 0 Å². The van der Waals surface area contributed by atoms with Gasteiger partial charge in [-0.25, -0.2) is 8.42 Å². The highest BCUT2D eigenvalue weighted by molar-refractivity contribution is 7.71. The number of morpholine rings is 1. The normalized spacial score (nSPS) is 15.4. The van der Waals surface area contributed by atoms with Crippen LogP contribution in [0.25, 0.3) is 0 Å². The second-order valence-corrected chi connectivity index (χ2v) is 6.20. The number of nitro benzene ring substituents is 1. The molecular formula is C14H18N3O6S. The van der Waals surface area contributed by atoms with Gasteiger partial charge in [-0.05, 0) is 17.7 Å². The minimum absolute atomic E-state index is 0.133. The lowest BCUT2D eigenvalue weighted by Crippen LogP contribution is -2.41. The number of amides is 1. The largest absolute Gasteiger partial charge is 0.379 e. The van der Waals surface area contributed by atoms with Crippen LogP contribution in [0, 0.1) is 16.2 Å². The zero-order valence-corrected chi connectivity index (χ0v) is 13.8. The van der Waals surface area contributed by atoms with Gasteiger partial charge < -0.3 is 10.1 Å². The predicted molar refractivity (Wildman–Crippen MR) is 85.5 cm³/mol. The van der Waals surface area contributed by atoms with Crippen molar-refractivity contribution in [3.63, 3.8) is 0 Å². The van der Waals surface area contributed by atoms with Gasteiger partial charge in [0.05, 0.1) is 23.9 Å². The van der Waals surface area contributed by atoms with Crippen LogP contribution in [-0.2, 0) is 21.2 Å². The van der Waals surface area contributed by atoms with Crippen molar-refractivity contribution in [2.24, 2.45) is 0 Å². The summed E-state index contributed by atoms with van der Waals surface area (Å²) in [6.45, 7) is 3.85. The lowest BCUT2D eigenvalue weighted by Gasteiger charge is -2.26. The first kappa shape index (κ1) is 18.3. The third kappa shape index (κ3) is 5.25. The average molecular weight is 356 g/mol. The molecule has 9 nitrogen and oxygen atoms in total. The Morgan fingerprint density at radius 2 is 2.12 bits per heavy atom. The molecule has 1 aromatic carbocycles. The number of rotatable bonds is 7. The maximum atomic E-state index is 12.1. The molecule has 2 rings (SSSR count). The van der Waals surface area contributed by atoms with Crippen LogP contribution in [0.2, 0.25) is 0 Å². The minimum atomic E-state index is -2.72. The van der Waals surface area contributed by atoms with E-state index in [1.807, 2.05) is 0 Å². The van der Waals surface area contributed by atoms with Crippen molar-refractivity contribution in [1.82, 2.24) is 10.2 Å². The first-order chi connectivity index (χ1) is 11.5. The van der Waals surface area contributed by atoms with Crippen molar-refractivity contribution in [2.75, 3.05) is 39.4 Å². The number of hydrogen-bond acceptors (Lipinski definition) is 7. The van der Waals surface area contributed by atoms with E-state index < -0.39 is 27.2 Å². The monoisotopic (exact) mass is 356 g/mol. The van der Waals surface area contributed by atoms with Crippen LogP contribution in [-0.4, -0.2) is 63.5 Å². The van der Waals surface area contributed by atoms with Crippen LogP contribution in [0.1, 0.15) is 15.9 Å². The van der Waals surface area contributed by atoms with Crippen LogP contribution in [0.3, 0.4) is 0 Å². The van der Waals surface area contributed by atoms with Gasteiger partial charge >= 0.3 is 0 Å². The lowest BCUT2D eigenvalue weighted by molar-refractivity contribution is -0.385. The molecule has 0 unspecified atom stereocenters. The van der Waals surface area contributed by atoms with E-state index in [2.05, 4.69) is 16.3 Å². The van der Waals surface area contributed by atoms with Crippen molar-refractivity contribution in [1.29, 1.82) is 0 Å². The fourth-order valence-corrected chi connectivity index (χ4v) is 2.79. The summed E-state index contributed by atoms with van der Waals surface area (Å²) in [5.74, 6) is -0.931. The van der Waals surface area contributed by atoms with Gasteiger partial charge in [-0.15, -0.1) is 0 Å². The standard InChI is InChI=1S/C14H18N3O6S/c18-14(15-3-4-16-5-7-23-8-6-16)12-2-1-11(10-24(21)22)9-13(12)17(19)20/h2,9,24H,3-8,10H2,(H,15,18). The predicted octanol–water partition coefficient (Wildman–Crippen LogP) is -0.432. The Hall–Kier alpha value is -2.04. The zero-order valence-electron chi connectivity index (χ0n) is 12.9. The van der Waals surface area contributed by atoms with E-state index in [0.29, 0.717) is 26.3 Å². The Labute approximate surface area is 140 Å². The molecule has 1 radical (unpaired) electrons. The molecule has 0 bridgehead atoms. The molecule has 1 aliphatic rings. The number of benzene rings is 1. The highest BCUT2D eigenvalue weighted by Gasteiger charge is 2.21. The molecule has 1 saturated heterocycles. The van der Waals surface area contributed by atoms with Crippen LogP contribution < -0.4 is 5.32 Å². The van der Waals surface area contributed by atoms with Crippen LogP contribution >= 0.6 is 0 Å². The fraction of sp³-hybridized carbons (Fsp3) is 0.500. The highest BCUT2D eigenvalue weighted by atomic mass is 32.2. The summed E-state index contributed by atoms with van der Waals surface area (Å²) in [6.07, 6.45) is 0. The number of nitrogens with one attached hydrogen (secondary N) is 1. The summed E-state index contributed by atoms with van der Waals surface area (Å²) in [7, 11) is -2.72. The SMILES string of the molecule is O=C(NCCN1CCOCC1)c1c[c]c(C[SH](=O)=O)cc1[N+](=O)[O-]. The topological polar surface area (TPSA) is 119 Å². The maximum absolute atomic E-state index is 12.1. The van der Waals surface area contributed by atoms with E-state index in [-0.39, 0.29) is 16.9 Å². The first-order valence-corrected chi connectivity index (χ1v) is 8.72. The van der Waals surface area contributed by atoms with Gasteiger partial charge in [-0.2, -0.15) is 0 Å². The molecular weight excluding hydrogens is 338 g/mol. The molecule has 1 aromatic rings.